The molecule has 0 unspecified atom stereocenters. The normalized spacial score (nSPS) is 10.8. The summed E-state index contributed by atoms with van der Waals surface area (Å²) in [7, 11) is 2.04. The number of benzene rings is 2. The van der Waals surface area contributed by atoms with Crippen LogP contribution in [0.25, 0.3) is 0 Å². The number of para-hydroxylation sites is 1. The Morgan fingerprint density at radius 1 is 1.00 bits per heavy atom. The van der Waals surface area contributed by atoms with E-state index in [9.17, 15) is 0 Å². The second kappa shape index (κ2) is 6.01. The standard InChI is InChI=1S/C16H18N2/c1-14-8-10-15(11-9-14)12-17-13-18(2)16-6-4-3-5-7-16/h3-12H,13H2,1-2H3. The highest BCUT2D eigenvalue weighted by Gasteiger charge is 1.96. The second-order valence-electron chi connectivity index (χ2n) is 4.40. The van der Waals surface area contributed by atoms with Crippen LogP contribution in [0.3, 0.4) is 0 Å². The van der Waals surface area contributed by atoms with Crippen LogP contribution in [0.1, 0.15) is 11.1 Å². The Kier molecular flexibility index (Phi) is 4.13. The molecular formula is C16H18N2. The molecule has 92 valence electrons. The van der Waals surface area contributed by atoms with Crippen molar-refractivity contribution in [3.63, 3.8) is 0 Å². The third-order valence-corrected chi connectivity index (χ3v) is 2.81. The summed E-state index contributed by atoms with van der Waals surface area (Å²) in [5.74, 6) is 0. The van der Waals surface area contributed by atoms with Gasteiger partial charge >= 0.3 is 0 Å². The van der Waals surface area contributed by atoms with Crippen LogP contribution in [0.4, 0.5) is 5.69 Å². The quantitative estimate of drug-likeness (QED) is 0.744. The Labute approximate surface area is 109 Å². The highest BCUT2D eigenvalue weighted by atomic mass is 15.2. The SMILES string of the molecule is Cc1ccc(C=NCN(C)c2ccccc2)cc1. The molecule has 0 aliphatic heterocycles. The number of nitrogens with zero attached hydrogens (tertiary/aromatic N) is 2. The van der Waals surface area contributed by atoms with Crippen molar-refractivity contribution in [2.45, 2.75) is 6.92 Å². The van der Waals surface area contributed by atoms with Gasteiger partial charge in [-0.25, -0.2) is 0 Å². The van der Waals surface area contributed by atoms with Crippen LogP contribution in [-0.2, 0) is 0 Å². The Balaban J connectivity index is 1.93. The summed E-state index contributed by atoms with van der Waals surface area (Å²) in [4.78, 5) is 6.56. The lowest BCUT2D eigenvalue weighted by Crippen LogP contribution is -2.16. The number of aliphatic imine (C=N–C) groups is 1. The minimum absolute atomic E-state index is 0.665. The molecule has 0 amide bonds. The summed E-state index contributed by atoms with van der Waals surface area (Å²) in [6, 6.07) is 18.6. The zero-order valence-corrected chi connectivity index (χ0v) is 10.9. The van der Waals surface area contributed by atoms with Crippen molar-refractivity contribution in [2.75, 3.05) is 18.6 Å². The van der Waals surface area contributed by atoms with Gasteiger partial charge in [-0.05, 0) is 24.6 Å². The first-order valence-corrected chi connectivity index (χ1v) is 6.08. The van der Waals surface area contributed by atoms with E-state index in [0.717, 1.165) is 5.56 Å². The predicted octanol–water partition coefficient (Wildman–Crippen LogP) is 3.51. The van der Waals surface area contributed by atoms with E-state index < -0.39 is 0 Å². The van der Waals surface area contributed by atoms with Crippen molar-refractivity contribution in [1.82, 2.24) is 0 Å². The molecule has 2 rings (SSSR count). The first kappa shape index (κ1) is 12.4. The maximum absolute atomic E-state index is 4.45. The van der Waals surface area contributed by atoms with Crippen LogP contribution in [0, 0.1) is 6.92 Å². The number of hydrogen-bond acceptors (Lipinski definition) is 2. The molecule has 0 aliphatic rings. The number of rotatable bonds is 4. The first-order chi connectivity index (χ1) is 8.75. The molecule has 0 heterocycles. The number of hydrogen-bond donors (Lipinski definition) is 0. The fourth-order valence-corrected chi connectivity index (χ4v) is 1.69. The molecule has 0 spiro atoms. The Hall–Kier alpha value is -2.09. The molecule has 2 nitrogen and oxygen atoms in total. The molecule has 0 atom stereocenters. The summed E-state index contributed by atoms with van der Waals surface area (Å²) < 4.78 is 0. The lowest BCUT2D eigenvalue weighted by molar-refractivity contribution is 0.937. The van der Waals surface area contributed by atoms with Gasteiger partial charge in [0, 0.05) is 18.9 Å². The monoisotopic (exact) mass is 238 g/mol. The summed E-state index contributed by atoms with van der Waals surface area (Å²) >= 11 is 0. The molecule has 0 bridgehead atoms. The van der Waals surface area contributed by atoms with Gasteiger partial charge in [0.15, 0.2) is 0 Å². The molecule has 2 heteroatoms. The average Bonchev–Trinajstić information content (AvgIpc) is 2.42. The van der Waals surface area contributed by atoms with Crippen LogP contribution in [-0.4, -0.2) is 19.9 Å². The summed E-state index contributed by atoms with van der Waals surface area (Å²) in [5.41, 5.74) is 3.59. The van der Waals surface area contributed by atoms with Crippen molar-refractivity contribution in [1.29, 1.82) is 0 Å². The molecular weight excluding hydrogens is 220 g/mol. The fraction of sp³-hybridized carbons (Fsp3) is 0.188. The van der Waals surface area contributed by atoms with Gasteiger partial charge < -0.3 is 4.90 Å². The van der Waals surface area contributed by atoms with E-state index in [-0.39, 0.29) is 0 Å². The van der Waals surface area contributed by atoms with Gasteiger partial charge in [-0.3, -0.25) is 4.99 Å². The van der Waals surface area contributed by atoms with Crippen LogP contribution >= 0.6 is 0 Å². The molecule has 2 aromatic carbocycles. The maximum atomic E-state index is 4.45. The minimum Gasteiger partial charge on any atom is -0.355 e. The Bertz CT molecular complexity index is 500. The van der Waals surface area contributed by atoms with E-state index in [2.05, 4.69) is 53.2 Å². The van der Waals surface area contributed by atoms with E-state index in [1.807, 2.05) is 31.5 Å². The Morgan fingerprint density at radius 2 is 1.67 bits per heavy atom. The average molecular weight is 238 g/mol. The van der Waals surface area contributed by atoms with Gasteiger partial charge in [-0.1, -0.05) is 48.0 Å². The molecule has 0 fully saturated rings. The van der Waals surface area contributed by atoms with E-state index in [1.54, 1.807) is 0 Å². The number of aryl methyl sites for hydroxylation is 1. The minimum atomic E-state index is 0.665. The third-order valence-electron chi connectivity index (χ3n) is 2.81. The molecule has 0 aromatic heterocycles. The lowest BCUT2D eigenvalue weighted by atomic mass is 10.2. The molecule has 18 heavy (non-hydrogen) atoms. The first-order valence-electron chi connectivity index (χ1n) is 6.08. The number of anilines is 1. The van der Waals surface area contributed by atoms with Gasteiger partial charge in [0.05, 0.1) is 0 Å². The molecule has 0 radical (unpaired) electrons. The lowest BCUT2D eigenvalue weighted by Gasteiger charge is -2.15. The summed E-state index contributed by atoms with van der Waals surface area (Å²) in [6.07, 6.45) is 1.92. The molecule has 2 aromatic rings. The van der Waals surface area contributed by atoms with E-state index in [0.29, 0.717) is 6.67 Å². The van der Waals surface area contributed by atoms with Crippen LogP contribution in [0.2, 0.25) is 0 Å². The fourth-order valence-electron chi connectivity index (χ4n) is 1.69. The van der Waals surface area contributed by atoms with Crippen LogP contribution in [0.5, 0.6) is 0 Å². The van der Waals surface area contributed by atoms with Crippen LogP contribution < -0.4 is 4.90 Å². The molecule has 0 N–H and O–H groups in total. The summed E-state index contributed by atoms with van der Waals surface area (Å²) in [5, 5.41) is 0. The van der Waals surface area contributed by atoms with Crippen molar-refractivity contribution in [3.05, 3.63) is 65.7 Å². The van der Waals surface area contributed by atoms with Gasteiger partial charge in [0.25, 0.3) is 0 Å². The zero-order chi connectivity index (χ0) is 12.8. The molecule has 0 saturated carbocycles. The largest absolute Gasteiger partial charge is 0.355 e. The van der Waals surface area contributed by atoms with Crippen LogP contribution in [0.15, 0.2) is 59.6 Å². The Morgan fingerprint density at radius 3 is 2.33 bits per heavy atom. The van der Waals surface area contributed by atoms with Crippen molar-refractivity contribution in [2.24, 2.45) is 4.99 Å². The zero-order valence-electron chi connectivity index (χ0n) is 10.9. The van der Waals surface area contributed by atoms with E-state index in [1.165, 1.54) is 11.3 Å². The highest BCUT2D eigenvalue weighted by molar-refractivity contribution is 5.79. The van der Waals surface area contributed by atoms with Gasteiger partial charge in [-0.2, -0.15) is 0 Å². The third kappa shape index (κ3) is 3.45. The summed E-state index contributed by atoms with van der Waals surface area (Å²) in [6.45, 7) is 2.75. The van der Waals surface area contributed by atoms with Gasteiger partial charge in [0.2, 0.25) is 0 Å². The van der Waals surface area contributed by atoms with Gasteiger partial charge in [-0.15, -0.1) is 0 Å². The smallest absolute Gasteiger partial charge is 0.109 e. The van der Waals surface area contributed by atoms with E-state index in [4.69, 9.17) is 0 Å². The predicted molar refractivity (Wildman–Crippen MR) is 78.5 cm³/mol. The second-order valence-corrected chi connectivity index (χ2v) is 4.40. The van der Waals surface area contributed by atoms with Crippen molar-refractivity contribution >= 4 is 11.9 Å². The van der Waals surface area contributed by atoms with Gasteiger partial charge in [0.1, 0.15) is 6.67 Å². The van der Waals surface area contributed by atoms with Crippen molar-refractivity contribution in [3.8, 4) is 0 Å². The molecule has 0 aliphatic carbocycles. The van der Waals surface area contributed by atoms with Crippen molar-refractivity contribution < 1.29 is 0 Å². The topological polar surface area (TPSA) is 15.6 Å². The maximum Gasteiger partial charge on any atom is 0.109 e. The van der Waals surface area contributed by atoms with E-state index >= 15 is 0 Å². The highest BCUT2D eigenvalue weighted by Crippen LogP contribution is 2.10. The molecule has 0 saturated heterocycles.